The number of halogens is 5. The molecule has 0 aliphatic heterocycles. The predicted molar refractivity (Wildman–Crippen MR) is 103 cm³/mol. The van der Waals surface area contributed by atoms with E-state index < -0.39 is 24.3 Å². The highest BCUT2D eigenvalue weighted by Crippen LogP contribution is 2.34. The molecule has 1 amide bonds. The topological polar surface area (TPSA) is 90.3 Å². The summed E-state index contributed by atoms with van der Waals surface area (Å²) in [6.45, 7) is -3.47. The summed E-state index contributed by atoms with van der Waals surface area (Å²) in [4.78, 5) is 16.1. The van der Waals surface area contributed by atoms with E-state index in [0.29, 0.717) is 0 Å². The molecule has 3 rings (SSSR count). The Kier molecular flexibility index (Phi) is 6.76. The standard InChI is InChI=1S/C19H16F5N5O3/c1-31-15-5-3-12(7-16(15)32-18(20)21)26-8-17(30)28-13-6-11(19(22,23)24)2-4-14(13)29-10-25-9-27-29/h2-7,9-10,18,26H,8H2,1H3,(H,28,30). The number of nitrogens with one attached hydrogen (secondary N) is 2. The Morgan fingerprint density at radius 3 is 2.56 bits per heavy atom. The predicted octanol–water partition coefficient (Wildman–Crippen LogP) is 3.95. The minimum absolute atomic E-state index is 0.0572. The van der Waals surface area contributed by atoms with Gasteiger partial charge in [0.1, 0.15) is 12.7 Å². The fourth-order valence-corrected chi connectivity index (χ4v) is 2.70. The summed E-state index contributed by atoms with van der Waals surface area (Å²) in [5, 5.41) is 8.92. The Morgan fingerprint density at radius 1 is 1.16 bits per heavy atom. The molecule has 0 aliphatic rings. The molecule has 0 bridgehead atoms. The van der Waals surface area contributed by atoms with E-state index in [1.165, 1.54) is 42.6 Å². The fraction of sp³-hybridized carbons (Fsp3) is 0.211. The molecule has 32 heavy (non-hydrogen) atoms. The average molecular weight is 457 g/mol. The van der Waals surface area contributed by atoms with Crippen LogP contribution in [0.2, 0.25) is 0 Å². The monoisotopic (exact) mass is 457 g/mol. The lowest BCUT2D eigenvalue weighted by atomic mass is 10.1. The van der Waals surface area contributed by atoms with E-state index in [9.17, 15) is 26.7 Å². The highest BCUT2D eigenvalue weighted by molar-refractivity contribution is 5.95. The minimum Gasteiger partial charge on any atom is -0.493 e. The van der Waals surface area contributed by atoms with Crippen molar-refractivity contribution in [3.8, 4) is 17.2 Å². The smallest absolute Gasteiger partial charge is 0.416 e. The molecule has 0 spiro atoms. The van der Waals surface area contributed by atoms with Crippen LogP contribution in [0, 0.1) is 0 Å². The SMILES string of the molecule is COc1ccc(NCC(=O)Nc2cc(C(F)(F)F)ccc2-n2cncn2)cc1OC(F)F. The van der Waals surface area contributed by atoms with Crippen LogP contribution < -0.4 is 20.1 Å². The third-order valence-electron chi connectivity index (χ3n) is 4.10. The summed E-state index contributed by atoms with van der Waals surface area (Å²) >= 11 is 0. The van der Waals surface area contributed by atoms with Gasteiger partial charge in [-0.15, -0.1) is 0 Å². The van der Waals surface area contributed by atoms with Crippen molar-refractivity contribution in [2.24, 2.45) is 0 Å². The van der Waals surface area contributed by atoms with E-state index in [0.717, 1.165) is 18.2 Å². The number of ether oxygens (including phenoxy) is 2. The molecule has 2 aromatic carbocycles. The van der Waals surface area contributed by atoms with Crippen molar-refractivity contribution in [3.05, 3.63) is 54.6 Å². The number of methoxy groups -OCH3 is 1. The Hall–Kier alpha value is -3.90. The highest BCUT2D eigenvalue weighted by Gasteiger charge is 2.31. The van der Waals surface area contributed by atoms with E-state index in [1.807, 2.05) is 0 Å². The molecule has 0 unspecified atom stereocenters. The van der Waals surface area contributed by atoms with Crippen LogP contribution in [0.1, 0.15) is 5.56 Å². The number of hydrogen-bond donors (Lipinski definition) is 2. The van der Waals surface area contributed by atoms with Crippen molar-refractivity contribution in [3.63, 3.8) is 0 Å². The molecule has 1 aromatic heterocycles. The van der Waals surface area contributed by atoms with Crippen molar-refractivity contribution < 1.29 is 36.2 Å². The van der Waals surface area contributed by atoms with Crippen LogP contribution in [0.5, 0.6) is 11.5 Å². The number of alkyl halides is 5. The third-order valence-corrected chi connectivity index (χ3v) is 4.10. The number of aromatic nitrogens is 3. The van der Waals surface area contributed by atoms with E-state index in [4.69, 9.17) is 4.74 Å². The highest BCUT2D eigenvalue weighted by atomic mass is 19.4. The van der Waals surface area contributed by atoms with Gasteiger partial charge in [-0.25, -0.2) is 9.67 Å². The van der Waals surface area contributed by atoms with Crippen LogP contribution in [0.4, 0.5) is 33.3 Å². The number of amides is 1. The first-order valence-electron chi connectivity index (χ1n) is 8.90. The summed E-state index contributed by atoms with van der Waals surface area (Å²) < 4.78 is 74.9. The lowest BCUT2D eigenvalue weighted by Crippen LogP contribution is -2.23. The van der Waals surface area contributed by atoms with E-state index in [-0.39, 0.29) is 35.1 Å². The Bertz CT molecular complexity index is 1070. The van der Waals surface area contributed by atoms with Gasteiger partial charge in [-0.05, 0) is 30.3 Å². The second-order valence-electron chi connectivity index (χ2n) is 6.22. The zero-order valence-corrected chi connectivity index (χ0v) is 16.4. The van der Waals surface area contributed by atoms with Crippen molar-refractivity contribution in [2.75, 3.05) is 24.3 Å². The first-order valence-corrected chi connectivity index (χ1v) is 8.90. The van der Waals surface area contributed by atoms with Gasteiger partial charge in [0, 0.05) is 11.8 Å². The Balaban J connectivity index is 1.76. The third kappa shape index (κ3) is 5.62. The van der Waals surface area contributed by atoms with Gasteiger partial charge in [-0.2, -0.15) is 27.1 Å². The van der Waals surface area contributed by atoms with Crippen LogP contribution in [0.15, 0.2) is 49.1 Å². The van der Waals surface area contributed by atoms with Crippen LogP contribution >= 0.6 is 0 Å². The quantitative estimate of drug-likeness (QED) is 0.498. The van der Waals surface area contributed by atoms with Gasteiger partial charge in [0.25, 0.3) is 0 Å². The summed E-state index contributed by atoms with van der Waals surface area (Å²) in [6, 6.07) is 6.79. The molecule has 0 fully saturated rings. The fourth-order valence-electron chi connectivity index (χ4n) is 2.70. The summed E-state index contributed by atoms with van der Waals surface area (Å²) in [6.07, 6.45) is -2.17. The maximum atomic E-state index is 13.1. The Labute approximate surface area is 178 Å². The van der Waals surface area contributed by atoms with Crippen molar-refractivity contribution >= 4 is 17.3 Å². The summed E-state index contributed by atoms with van der Waals surface area (Å²) in [7, 11) is 1.27. The molecule has 0 saturated carbocycles. The number of carbonyl (C=O) groups is 1. The normalized spacial score (nSPS) is 11.3. The van der Waals surface area contributed by atoms with E-state index in [1.54, 1.807) is 0 Å². The molecule has 3 aromatic rings. The van der Waals surface area contributed by atoms with Gasteiger partial charge in [-0.1, -0.05) is 0 Å². The van der Waals surface area contributed by atoms with E-state index >= 15 is 0 Å². The minimum atomic E-state index is -4.62. The molecule has 1 heterocycles. The maximum absolute atomic E-state index is 13.1. The van der Waals surface area contributed by atoms with Gasteiger partial charge in [0.05, 0.1) is 30.6 Å². The van der Waals surface area contributed by atoms with Crippen molar-refractivity contribution in [1.29, 1.82) is 0 Å². The van der Waals surface area contributed by atoms with Crippen LogP contribution in [0.25, 0.3) is 5.69 Å². The molecule has 0 atom stereocenters. The number of rotatable bonds is 8. The summed E-state index contributed by atoms with van der Waals surface area (Å²) in [5.41, 5.74) is -0.694. The molecule has 0 radical (unpaired) electrons. The first kappa shape index (κ1) is 22.8. The number of benzene rings is 2. The van der Waals surface area contributed by atoms with Gasteiger partial charge in [0.2, 0.25) is 5.91 Å². The number of hydrogen-bond acceptors (Lipinski definition) is 6. The lowest BCUT2D eigenvalue weighted by Gasteiger charge is -2.15. The zero-order valence-electron chi connectivity index (χ0n) is 16.4. The molecule has 0 saturated heterocycles. The van der Waals surface area contributed by atoms with E-state index in [2.05, 4.69) is 25.5 Å². The molecule has 8 nitrogen and oxygen atoms in total. The first-order chi connectivity index (χ1) is 15.2. The number of nitrogens with zero attached hydrogens (tertiary/aromatic N) is 3. The number of carbonyl (C=O) groups excluding carboxylic acids is 1. The molecule has 2 N–H and O–H groups in total. The van der Waals surface area contributed by atoms with Crippen LogP contribution in [-0.2, 0) is 11.0 Å². The number of anilines is 2. The average Bonchev–Trinajstić information content (AvgIpc) is 3.26. The van der Waals surface area contributed by atoms with Crippen molar-refractivity contribution in [1.82, 2.24) is 14.8 Å². The molecule has 0 aliphatic carbocycles. The van der Waals surface area contributed by atoms with Gasteiger partial charge in [-0.3, -0.25) is 4.79 Å². The summed E-state index contributed by atoms with van der Waals surface area (Å²) in [5.74, 6) is -0.890. The largest absolute Gasteiger partial charge is 0.493 e. The lowest BCUT2D eigenvalue weighted by molar-refractivity contribution is -0.137. The molecular formula is C19H16F5N5O3. The zero-order chi connectivity index (χ0) is 23.3. The van der Waals surface area contributed by atoms with Crippen LogP contribution in [-0.4, -0.2) is 40.9 Å². The Morgan fingerprint density at radius 2 is 1.94 bits per heavy atom. The van der Waals surface area contributed by atoms with Crippen LogP contribution in [0.3, 0.4) is 0 Å². The van der Waals surface area contributed by atoms with Crippen molar-refractivity contribution in [2.45, 2.75) is 12.8 Å². The molecule has 170 valence electrons. The second kappa shape index (κ2) is 9.49. The van der Waals surface area contributed by atoms with Gasteiger partial charge < -0.3 is 20.1 Å². The van der Waals surface area contributed by atoms with Gasteiger partial charge in [0.15, 0.2) is 11.5 Å². The maximum Gasteiger partial charge on any atom is 0.416 e. The second-order valence-corrected chi connectivity index (χ2v) is 6.22. The van der Waals surface area contributed by atoms with Gasteiger partial charge >= 0.3 is 12.8 Å². The molecule has 13 heteroatoms. The molecular weight excluding hydrogens is 441 g/mol.